The largest absolute Gasteiger partial charge is 0.362 e. The van der Waals surface area contributed by atoms with Crippen molar-refractivity contribution < 1.29 is 22.2 Å². The average Bonchev–Trinajstić information content (AvgIpc) is 2.47. The molecule has 0 saturated heterocycles. The van der Waals surface area contributed by atoms with Gasteiger partial charge in [0.1, 0.15) is 5.82 Å². The second kappa shape index (κ2) is 6.50. The van der Waals surface area contributed by atoms with Crippen LogP contribution in [0.2, 0.25) is 0 Å². The van der Waals surface area contributed by atoms with Gasteiger partial charge < -0.3 is 5.32 Å². The van der Waals surface area contributed by atoms with Gasteiger partial charge in [0.15, 0.2) is 5.78 Å². The molecule has 0 aliphatic carbocycles. The van der Waals surface area contributed by atoms with Crippen LogP contribution in [0.5, 0.6) is 0 Å². The molecule has 0 bridgehead atoms. The molecule has 114 valence electrons. The molecule has 0 aliphatic rings. The Kier molecular flexibility index (Phi) is 4.69. The molecule has 0 atom stereocenters. The minimum atomic E-state index is -4.22. The van der Waals surface area contributed by atoms with Gasteiger partial charge in [-0.25, -0.2) is 4.39 Å². The quantitative estimate of drug-likeness (QED) is 0.502. The highest BCUT2D eigenvalue weighted by molar-refractivity contribution is 7.85. The molecule has 0 radical (unpaired) electrons. The molecular weight excluding hydrogens is 309 g/mol. The van der Waals surface area contributed by atoms with Crippen molar-refractivity contribution >= 4 is 21.6 Å². The highest BCUT2D eigenvalue weighted by atomic mass is 32.2. The summed E-state index contributed by atoms with van der Waals surface area (Å²) in [6, 6.07) is 10.5. The zero-order valence-corrected chi connectivity index (χ0v) is 12.0. The molecule has 22 heavy (non-hydrogen) atoms. The molecule has 2 N–H and O–H groups in total. The van der Waals surface area contributed by atoms with Gasteiger partial charge in [0, 0.05) is 23.5 Å². The van der Waals surface area contributed by atoms with Crippen LogP contribution in [-0.4, -0.2) is 18.8 Å². The maximum Gasteiger partial charge on any atom is 0.294 e. The SMILES string of the molecule is O=C(/C=C/Nc1ccc(S(=O)(=O)O)cc1)c1ccc(F)cc1. The van der Waals surface area contributed by atoms with Gasteiger partial charge in [0.25, 0.3) is 10.1 Å². The van der Waals surface area contributed by atoms with Crippen molar-refractivity contribution in [3.8, 4) is 0 Å². The van der Waals surface area contributed by atoms with E-state index in [1.807, 2.05) is 0 Å². The third kappa shape index (κ3) is 4.24. The van der Waals surface area contributed by atoms with Crippen LogP contribution in [0.15, 0.2) is 65.7 Å². The number of anilines is 1. The van der Waals surface area contributed by atoms with Gasteiger partial charge in [-0.05, 0) is 48.5 Å². The summed E-state index contributed by atoms with van der Waals surface area (Å²) in [6.07, 6.45) is 2.65. The van der Waals surface area contributed by atoms with Crippen molar-refractivity contribution in [2.75, 3.05) is 5.32 Å². The van der Waals surface area contributed by atoms with Crippen molar-refractivity contribution in [1.82, 2.24) is 0 Å². The lowest BCUT2D eigenvalue weighted by atomic mass is 10.1. The van der Waals surface area contributed by atoms with Crippen molar-refractivity contribution in [2.45, 2.75) is 4.90 Å². The van der Waals surface area contributed by atoms with Gasteiger partial charge in [0.05, 0.1) is 4.90 Å². The average molecular weight is 321 g/mol. The number of hydrogen-bond acceptors (Lipinski definition) is 4. The topological polar surface area (TPSA) is 83.5 Å². The summed E-state index contributed by atoms with van der Waals surface area (Å²) in [5, 5.41) is 2.78. The molecule has 0 aliphatic heterocycles. The van der Waals surface area contributed by atoms with Crippen LogP contribution in [0.4, 0.5) is 10.1 Å². The Labute approximate surface area is 126 Å². The third-order valence-electron chi connectivity index (χ3n) is 2.77. The van der Waals surface area contributed by atoms with Crippen molar-refractivity contribution in [3.05, 3.63) is 72.2 Å². The molecule has 2 aromatic rings. The third-order valence-corrected chi connectivity index (χ3v) is 3.63. The van der Waals surface area contributed by atoms with Crippen LogP contribution >= 0.6 is 0 Å². The Morgan fingerprint density at radius 2 is 1.64 bits per heavy atom. The number of allylic oxidation sites excluding steroid dienone is 1. The van der Waals surface area contributed by atoms with Crippen LogP contribution in [0.1, 0.15) is 10.4 Å². The fourth-order valence-electron chi connectivity index (χ4n) is 1.65. The molecule has 5 nitrogen and oxygen atoms in total. The summed E-state index contributed by atoms with van der Waals surface area (Å²) in [4.78, 5) is 11.6. The number of hydrogen-bond donors (Lipinski definition) is 2. The molecule has 2 rings (SSSR count). The van der Waals surface area contributed by atoms with Gasteiger partial charge in [-0.2, -0.15) is 8.42 Å². The van der Waals surface area contributed by atoms with E-state index in [9.17, 15) is 17.6 Å². The molecule has 0 heterocycles. The van der Waals surface area contributed by atoms with Crippen molar-refractivity contribution in [2.24, 2.45) is 0 Å². The van der Waals surface area contributed by atoms with E-state index >= 15 is 0 Å². The summed E-state index contributed by atoms with van der Waals surface area (Å²) in [5.41, 5.74) is 0.886. The second-order valence-corrected chi connectivity index (χ2v) is 5.77. The Morgan fingerprint density at radius 3 is 2.18 bits per heavy atom. The van der Waals surface area contributed by atoms with Gasteiger partial charge in [0.2, 0.25) is 0 Å². The first kappa shape index (κ1) is 15.9. The highest BCUT2D eigenvalue weighted by Gasteiger charge is 2.07. The lowest BCUT2D eigenvalue weighted by molar-refractivity contribution is 0.104. The summed E-state index contributed by atoms with van der Waals surface area (Å²) in [5.74, 6) is -0.723. The molecule has 0 amide bonds. The van der Waals surface area contributed by atoms with Crippen molar-refractivity contribution in [1.29, 1.82) is 0 Å². The zero-order chi connectivity index (χ0) is 16.2. The second-order valence-electron chi connectivity index (χ2n) is 4.35. The number of carbonyl (C=O) groups excluding carboxylic acids is 1. The summed E-state index contributed by atoms with van der Waals surface area (Å²) >= 11 is 0. The molecule has 0 aromatic heterocycles. The molecule has 0 spiro atoms. The fraction of sp³-hybridized carbons (Fsp3) is 0. The minimum absolute atomic E-state index is 0.218. The summed E-state index contributed by atoms with van der Waals surface area (Å²) in [6.45, 7) is 0. The molecule has 0 unspecified atom stereocenters. The lowest BCUT2D eigenvalue weighted by Crippen LogP contribution is -1.98. The predicted molar refractivity (Wildman–Crippen MR) is 79.7 cm³/mol. The number of halogens is 1. The van der Waals surface area contributed by atoms with E-state index in [0.29, 0.717) is 11.3 Å². The van der Waals surface area contributed by atoms with Crippen LogP contribution in [0.3, 0.4) is 0 Å². The van der Waals surface area contributed by atoms with Gasteiger partial charge in [-0.3, -0.25) is 9.35 Å². The first-order valence-electron chi connectivity index (χ1n) is 6.17. The predicted octanol–water partition coefficient (Wildman–Crippen LogP) is 2.88. The van der Waals surface area contributed by atoms with Gasteiger partial charge >= 0.3 is 0 Å². The number of ketones is 1. The monoisotopic (exact) mass is 321 g/mol. The van der Waals surface area contributed by atoms with E-state index in [4.69, 9.17) is 4.55 Å². The molecule has 0 fully saturated rings. The smallest absolute Gasteiger partial charge is 0.294 e. The first-order chi connectivity index (χ1) is 10.4. The summed E-state index contributed by atoms with van der Waals surface area (Å²) in [7, 11) is -4.22. The van der Waals surface area contributed by atoms with E-state index in [1.165, 1.54) is 60.8 Å². The van der Waals surface area contributed by atoms with E-state index < -0.39 is 15.9 Å². The molecule has 7 heteroatoms. The molecule has 0 saturated carbocycles. The Morgan fingerprint density at radius 1 is 1.05 bits per heavy atom. The Balaban J connectivity index is 2.00. The maximum absolute atomic E-state index is 12.7. The van der Waals surface area contributed by atoms with Gasteiger partial charge in [-0.1, -0.05) is 0 Å². The van der Waals surface area contributed by atoms with E-state index in [2.05, 4.69) is 5.32 Å². The normalized spacial score (nSPS) is 11.5. The van der Waals surface area contributed by atoms with E-state index in [0.717, 1.165) is 0 Å². The van der Waals surface area contributed by atoms with Gasteiger partial charge in [-0.15, -0.1) is 0 Å². The zero-order valence-electron chi connectivity index (χ0n) is 11.2. The number of nitrogens with one attached hydrogen (secondary N) is 1. The minimum Gasteiger partial charge on any atom is -0.362 e. The summed E-state index contributed by atoms with van der Waals surface area (Å²) < 4.78 is 43.3. The Bertz CT molecular complexity index is 796. The first-order valence-corrected chi connectivity index (χ1v) is 7.61. The molecular formula is C15H12FNO4S. The number of carbonyl (C=O) groups is 1. The highest BCUT2D eigenvalue weighted by Crippen LogP contribution is 2.13. The van der Waals surface area contributed by atoms with Crippen LogP contribution in [0.25, 0.3) is 0 Å². The standard InChI is InChI=1S/C15H12FNO4S/c16-12-3-1-11(2-4-12)15(18)9-10-17-13-5-7-14(8-6-13)22(19,20)21/h1-10,17H,(H,19,20,21)/b10-9+. The fourth-order valence-corrected chi connectivity index (χ4v) is 2.13. The van der Waals surface area contributed by atoms with Crippen LogP contribution < -0.4 is 5.32 Å². The molecule has 2 aromatic carbocycles. The van der Waals surface area contributed by atoms with Crippen molar-refractivity contribution in [3.63, 3.8) is 0 Å². The van der Waals surface area contributed by atoms with E-state index in [1.54, 1.807) is 0 Å². The Hall–Kier alpha value is -2.51. The number of rotatable bonds is 5. The lowest BCUT2D eigenvalue weighted by Gasteiger charge is -2.02. The number of benzene rings is 2. The van der Waals surface area contributed by atoms with E-state index in [-0.39, 0.29) is 10.7 Å². The van der Waals surface area contributed by atoms with Crippen LogP contribution in [-0.2, 0) is 10.1 Å². The maximum atomic E-state index is 12.7. The van der Waals surface area contributed by atoms with Crippen LogP contribution in [0, 0.1) is 5.82 Å².